The van der Waals surface area contributed by atoms with E-state index < -0.39 is 10.9 Å². The number of non-ortho nitro benzene ring substituents is 1. The van der Waals surface area contributed by atoms with Gasteiger partial charge in [0.15, 0.2) is 0 Å². The molecule has 1 aliphatic rings. The fraction of sp³-hybridized carbons (Fsp3) is 0.227. The SMILES string of the molecule is CCCC1c2ccccc2-c2cc(OC(C)=O)c3cc([N+](=O)[O-])ccc3c21. The summed E-state index contributed by atoms with van der Waals surface area (Å²) in [7, 11) is 0. The average Bonchev–Trinajstić information content (AvgIpc) is 2.95. The van der Waals surface area contributed by atoms with E-state index in [0.717, 1.165) is 29.4 Å². The van der Waals surface area contributed by atoms with Crippen molar-refractivity contribution in [2.45, 2.75) is 32.6 Å². The van der Waals surface area contributed by atoms with E-state index in [-0.39, 0.29) is 11.6 Å². The van der Waals surface area contributed by atoms with Gasteiger partial charge in [-0.1, -0.05) is 37.6 Å². The van der Waals surface area contributed by atoms with E-state index in [1.54, 1.807) is 6.07 Å². The quantitative estimate of drug-likeness (QED) is 0.263. The van der Waals surface area contributed by atoms with Crippen LogP contribution < -0.4 is 4.74 Å². The zero-order chi connectivity index (χ0) is 19.1. The molecule has 0 saturated carbocycles. The fourth-order valence-corrected chi connectivity index (χ4v) is 4.14. The number of ether oxygens (including phenoxy) is 1. The molecule has 3 aromatic carbocycles. The van der Waals surface area contributed by atoms with E-state index >= 15 is 0 Å². The van der Waals surface area contributed by atoms with Crippen molar-refractivity contribution in [1.82, 2.24) is 0 Å². The summed E-state index contributed by atoms with van der Waals surface area (Å²) in [6.07, 6.45) is 2.02. The molecule has 0 radical (unpaired) electrons. The van der Waals surface area contributed by atoms with Crippen LogP contribution in [-0.2, 0) is 4.79 Å². The number of carbonyl (C=O) groups is 1. The largest absolute Gasteiger partial charge is 0.426 e. The van der Waals surface area contributed by atoms with Crippen molar-refractivity contribution in [3.05, 3.63) is 69.8 Å². The fourth-order valence-electron chi connectivity index (χ4n) is 4.14. The van der Waals surface area contributed by atoms with Gasteiger partial charge < -0.3 is 4.74 Å². The van der Waals surface area contributed by atoms with Crippen molar-refractivity contribution in [1.29, 1.82) is 0 Å². The molecule has 0 spiro atoms. The lowest BCUT2D eigenvalue weighted by Crippen LogP contribution is -2.04. The van der Waals surface area contributed by atoms with Crippen molar-refractivity contribution < 1.29 is 14.5 Å². The van der Waals surface area contributed by atoms with Gasteiger partial charge in [0, 0.05) is 30.4 Å². The van der Waals surface area contributed by atoms with Gasteiger partial charge in [-0.15, -0.1) is 0 Å². The summed E-state index contributed by atoms with van der Waals surface area (Å²) >= 11 is 0. The number of rotatable bonds is 4. The zero-order valence-corrected chi connectivity index (χ0v) is 15.2. The van der Waals surface area contributed by atoms with Gasteiger partial charge >= 0.3 is 5.97 Å². The molecule has 27 heavy (non-hydrogen) atoms. The molecule has 4 rings (SSSR count). The first kappa shape index (κ1) is 17.2. The highest BCUT2D eigenvalue weighted by Gasteiger charge is 2.31. The maximum atomic E-state index is 11.6. The summed E-state index contributed by atoms with van der Waals surface area (Å²) < 4.78 is 5.44. The molecule has 1 atom stereocenters. The predicted octanol–water partition coefficient (Wildman–Crippen LogP) is 5.59. The summed E-state index contributed by atoms with van der Waals surface area (Å²) in [4.78, 5) is 22.5. The molecule has 1 unspecified atom stereocenters. The molecule has 0 saturated heterocycles. The lowest BCUT2D eigenvalue weighted by molar-refractivity contribution is -0.384. The maximum Gasteiger partial charge on any atom is 0.308 e. The van der Waals surface area contributed by atoms with Crippen LogP contribution in [0.2, 0.25) is 0 Å². The highest BCUT2D eigenvalue weighted by Crippen LogP contribution is 2.52. The summed E-state index contributed by atoms with van der Waals surface area (Å²) in [6.45, 7) is 3.49. The van der Waals surface area contributed by atoms with Crippen LogP contribution in [0.25, 0.3) is 21.9 Å². The zero-order valence-electron chi connectivity index (χ0n) is 15.2. The summed E-state index contributed by atoms with van der Waals surface area (Å²) in [6, 6.07) is 14.9. The highest BCUT2D eigenvalue weighted by atomic mass is 16.6. The molecular formula is C22H19NO4. The summed E-state index contributed by atoms with van der Waals surface area (Å²) in [5.74, 6) is 0.155. The first-order valence-electron chi connectivity index (χ1n) is 9.04. The molecule has 3 aromatic rings. The Bertz CT molecular complexity index is 1090. The van der Waals surface area contributed by atoms with Crippen molar-refractivity contribution in [3.8, 4) is 16.9 Å². The van der Waals surface area contributed by atoms with Gasteiger partial charge in [0.2, 0.25) is 0 Å². The van der Waals surface area contributed by atoms with E-state index in [1.165, 1.54) is 30.2 Å². The monoisotopic (exact) mass is 361 g/mol. The number of hydrogen-bond acceptors (Lipinski definition) is 4. The molecule has 5 heteroatoms. The molecule has 0 aromatic heterocycles. The van der Waals surface area contributed by atoms with Crippen LogP contribution in [0.4, 0.5) is 5.69 Å². The van der Waals surface area contributed by atoms with Crippen LogP contribution in [0.1, 0.15) is 43.7 Å². The minimum absolute atomic E-state index is 0.0154. The molecule has 0 fully saturated rings. The van der Waals surface area contributed by atoms with Crippen molar-refractivity contribution in [3.63, 3.8) is 0 Å². The number of esters is 1. The van der Waals surface area contributed by atoms with Gasteiger partial charge in [0.25, 0.3) is 5.69 Å². The molecule has 0 aliphatic heterocycles. The highest BCUT2D eigenvalue weighted by molar-refractivity contribution is 6.01. The third-order valence-electron chi connectivity index (χ3n) is 5.14. The molecule has 136 valence electrons. The summed E-state index contributed by atoms with van der Waals surface area (Å²) in [5.41, 5.74) is 4.59. The van der Waals surface area contributed by atoms with Crippen LogP contribution in [0.5, 0.6) is 5.75 Å². The second kappa shape index (κ2) is 6.50. The van der Waals surface area contributed by atoms with Crippen LogP contribution in [-0.4, -0.2) is 10.9 Å². The minimum Gasteiger partial charge on any atom is -0.426 e. The third-order valence-corrected chi connectivity index (χ3v) is 5.14. The molecule has 0 N–H and O–H groups in total. The Morgan fingerprint density at radius 1 is 1.11 bits per heavy atom. The normalized spacial score (nSPS) is 14.7. The maximum absolute atomic E-state index is 11.6. The van der Waals surface area contributed by atoms with Gasteiger partial charge in [-0.25, -0.2) is 0 Å². The van der Waals surface area contributed by atoms with Crippen LogP contribution in [0.3, 0.4) is 0 Å². The van der Waals surface area contributed by atoms with Crippen LogP contribution in [0.15, 0.2) is 48.5 Å². The smallest absolute Gasteiger partial charge is 0.308 e. The van der Waals surface area contributed by atoms with Crippen molar-refractivity contribution >= 4 is 22.4 Å². The molecule has 0 bridgehead atoms. The second-order valence-electron chi connectivity index (χ2n) is 6.85. The Morgan fingerprint density at radius 2 is 1.89 bits per heavy atom. The number of nitro groups is 1. The van der Waals surface area contributed by atoms with E-state index in [1.807, 2.05) is 18.2 Å². The van der Waals surface area contributed by atoms with Gasteiger partial charge in [-0.2, -0.15) is 0 Å². The van der Waals surface area contributed by atoms with Gasteiger partial charge in [-0.05, 0) is 46.2 Å². The molecule has 5 nitrogen and oxygen atoms in total. The van der Waals surface area contributed by atoms with Crippen LogP contribution in [0, 0.1) is 10.1 Å². The van der Waals surface area contributed by atoms with Crippen molar-refractivity contribution in [2.24, 2.45) is 0 Å². The Labute approximate surface area is 156 Å². The number of hydrogen-bond donors (Lipinski definition) is 0. The molecule has 0 amide bonds. The number of nitro benzene ring substituents is 1. The van der Waals surface area contributed by atoms with Gasteiger partial charge in [0.1, 0.15) is 5.75 Å². The van der Waals surface area contributed by atoms with Gasteiger partial charge in [0.05, 0.1) is 4.92 Å². The lowest BCUT2D eigenvalue weighted by atomic mass is 9.88. The number of nitrogens with zero attached hydrogens (tertiary/aromatic N) is 1. The Hall–Kier alpha value is -3.21. The Kier molecular flexibility index (Phi) is 4.15. The Morgan fingerprint density at radius 3 is 2.59 bits per heavy atom. The first-order chi connectivity index (χ1) is 13.0. The van der Waals surface area contributed by atoms with E-state index in [0.29, 0.717) is 11.1 Å². The number of carbonyl (C=O) groups excluding carboxylic acids is 1. The molecule has 1 aliphatic carbocycles. The minimum atomic E-state index is -0.445. The average molecular weight is 361 g/mol. The van der Waals surface area contributed by atoms with E-state index in [9.17, 15) is 14.9 Å². The topological polar surface area (TPSA) is 69.4 Å². The van der Waals surface area contributed by atoms with Crippen molar-refractivity contribution in [2.75, 3.05) is 0 Å². The third kappa shape index (κ3) is 2.76. The van der Waals surface area contributed by atoms with Gasteiger partial charge in [-0.3, -0.25) is 14.9 Å². The first-order valence-corrected chi connectivity index (χ1v) is 9.04. The lowest BCUT2D eigenvalue weighted by Gasteiger charge is -2.16. The molecular weight excluding hydrogens is 342 g/mol. The van der Waals surface area contributed by atoms with Crippen LogP contribution >= 0.6 is 0 Å². The number of benzene rings is 3. The second-order valence-corrected chi connectivity index (χ2v) is 6.85. The molecule has 0 heterocycles. The summed E-state index contributed by atoms with van der Waals surface area (Å²) in [5, 5.41) is 12.8. The van der Waals surface area contributed by atoms with E-state index in [4.69, 9.17) is 4.74 Å². The van der Waals surface area contributed by atoms with E-state index in [2.05, 4.69) is 19.1 Å². The Balaban J connectivity index is 2.07. The predicted molar refractivity (Wildman–Crippen MR) is 104 cm³/mol. The number of fused-ring (bicyclic) bond motifs is 5. The standard InChI is InChI=1S/C22H19NO4/c1-3-6-17-15-7-4-5-8-16(15)20-12-21(27-13(2)24)19-11-14(23(25)26)9-10-18(19)22(17)20/h4-5,7-12,17H,3,6H2,1-2H3.